The molecule has 3 rings (SSSR count). The molecule has 2 aromatic heterocycles. The fraction of sp³-hybridized carbons (Fsp3) is 0.333. The molecule has 3 heterocycles. The van der Waals surface area contributed by atoms with Crippen molar-refractivity contribution in [1.29, 1.82) is 0 Å². The van der Waals surface area contributed by atoms with Gasteiger partial charge >= 0.3 is 0 Å². The molecule has 0 atom stereocenters. The fourth-order valence-corrected chi connectivity index (χ4v) is 1.99. The zero-order valence-electron chi connectivity index (χ0n) is 9.79. The van der Waals surface area contributed by atoms with Gasteiger partial charge in [-0.1, -0.05) is 5.16 Å². The van der Waals surface area contributed by atoms with Gasteiger partial charge in [0.2, 0.25) is 5.76 Å². The standard InChI is InChI=1S/C12H12N2O4/c1-12(16)6-14(7-12)11(15)8-5-10(18-13-8)9-3-2-4-17-9/h2-5,16H,6-7H2,1H3. The summed E-state index contributed by atoms with van der Waals surface area (Å²) in [7, 11) is 0. The Labute approximate surface area is 103 Å². The summed E-state index contributed by atoms with van der Waals surface area (Å²) in [4.78, 5) is 13.5. The molecule has 6 nitrogen and oxygen atoms in total. The normalized spacial score (nSPS) is 17.6. The summed E-state index contributed by atoms with van der Waals surface area (Å²) in [5.74, 6) is 0.691. The molecule has 0 aliphatic carbocycles. The predicted octanol–water partition coefficient (Wildman–Crippen LogP) is 1.14. The van der Waals surface area contributed by atoms with Gasteiger partial charge in [0.15, 0.2) is 11.5 Å². The monoisotopic (exact) mass is 248 g/mol. The van der Waals surface area contributed by atoms with Crippen molar-refractivity contribution < 1.29 is 18.8 Å². The number of aromatic nitrogens is 1. The largest absolute Gasteiger partial charge is 0.461 e. The fourth-order valence-electron chi connectivity index (χ4n) is 1.99. The molecular formula is C12H12N2O4. The summed E-state index contributed by atoms with van der Waals surface area (Å²) in [6.45, 7) is 2.32. The molecule has 0 spiro atoms. The molecule has 2 aromatic rings. The molecule has 0 aromatic carbocycles. The van der Waals surface area contributed by atoms with Crippen LogP contribution >= 0.6 is 0 Å². The first-order valence-corrected chi connectivity index (χ1v) is 5.57. The Balaban J connectivity index is 1.76. The van der Waals surface area contributed by atoms with Gasteiger partial charge in [0.1, 0.15) is 0 Å². The van der Waals surface area contributed by atoms with E-state index in [2.05, 4.69) is 5.16 Å². The van der Waals surface area contributed by atoms with Gasteiger partial charge in [0.05, 0.1) is 25.0 Å². The van der Waals surface area contributed by atoms with Crippen LogP contribution in [0.1, 0.15) is 17.4 Å². The van der Waals surface area contributed by atoms with E-state index in [4.69, 9.17) is 8.94 Å². The number of β-amino-alcohol motifs (C(OH)–C–C–N with tert-alkyl or cyclic N) is 1. The molecule has 0 saturated carbocycles. The molecule has 0 radical (unpaired) electrons. The molecule has 0 bridgehead atoms. The third-order valence-electron chi connectivity index (χ3n) is 2.84. The van der Waals surface area contributed by atoms with E-state index in [1.54, 1.807) is 19.1 Å². The quantitative estimate of drug-likeness (QED) is 0.862. The zero-order chi connectivity index (χ0) is 12.8. The second-order valence-corrected chi connectivity index (χ2v) is 4.71. The molecule has 1 saturated heterocycles. The van der Waals surface area contributed by atoms with Crippen molar-refractivity contribution in [1.82, 2.24) is 10.1 Å². The van der Waals surface area contributed by atoms with Gasteiger partial charge in [-0.3, -0.25) is 4.79 Å². The highest BCUT2D eigenvalue weighted by Gasteiger charge is 2.40. The van der Waals surface area contributed by atoms with Gasteiger partial charge in [-0.15, -0.1) is 0 Å². The molecule has 0 unspecified atom stereocenters. The Hall–Kier alpha value is -2.08. The first-order chi connectivity index (χ1) is 8.55. The lowest BCUT2D eigenvalue weighted by Gasteiger charge is -2.43. The molecule has 18 heavy (non-hydrogen) atoms. The van der Waals surface area contributed by atoms with Crippen LogP contribution in [0, 0.1) is 0 Å². The van der Waals surface area contributed by atoms with Gasteiger partial charge in [-0.25, -0.2) is 0 Å². The lowest BCUT2D eigenvalue weighted by Crippen LogP contribution is -2.61. The number of carbonyl (C=O) groups is 1. The smallest absolute Gasteiger partial charge is 0.276 e. The highest BCUT2D eigenvalue weighted by Crippen LogP contribution is 2.24. The van der Waals surface area contributed by atoms with Crippen molar-refractivity contribution >= 4 is 5.91 Å². The number of carbonyl (C=O) groups excluding carboxylic acids is 1. The van der Waals surface area contributed by atoms with Crippen LogP contribution in [0.2, 0.25) is 0 Å². The van der Waals surface area contributed by atoms with Gasteiger partial charge in [0.25, 0.3) is 5.91 Å². The van der Waals surface area contributed by atoms with E-state index in [0.29, 0.717) is 24.6 Å². The van der Waals surface area contributed by atoms with Gasteiger partial charge in [0, 0.05) is 6.07 Å². The molecule has 1 fully saturated rings. The van der Waals surface area contributed by atoms with Crippen LogP contribution in [0.15, 0.2) is 33.4 Å². The molecule has 1 aliphatic rings. The Morgan fingerprint density at radius 3 is 2.89 bits per heavy atom. The van der Waals surface area contributed by atoms with Crippen LogP contribution in [-0.4, -0.2) is 39.8 Å². The number of hydrogen-bond donors (Lipinski definition) is 1. The number of furan rings is 1. The van der Waals surface area contributed by atoms with Crippen molar-refractivity contribution in [2.45, 2.75) is 12.5 Å². The van der Waals surface area contributed by atoms with E-state index < -0.39 is 5.60 Å². The molecular weight excluding hydrogens is 236 g/mol. The predicted molar refractivity (Wildman–Crippen MR) is 60.7 cm³/mol. The zero-order valence-corrected chi connectivity index (χ0v) is 9.79. The van der Waals surface area contributed by atoms with E-state index in [0.717, 1.165) is 0 Å². The van der Waals surface area contributed by atoms with Crippen molar-refractivity contribution in [3.63, 3.8) is 0 Å². The maximum Gasteiger partial charge on any atom is 0.276 e. The van der Waals surface area contributed by atoms with Gasteiger partial charge < -0.3 is 18.9 Å². The average Bonchev–Trinajstić information content (AvgIpc) is 2.94. The summed E-state index contributed by atoms with van der Waals surface area (Å²) >= 11 is 0. The minimum atomic E-state index is -0.788. The number of nitrogens with zero attached hydrogens (tertiary/aromatic N) is 2. The summed E-state index contributed by atoms with van der Waals surface area (Å²) in [6, 6.07) is 4.99. The molecule has 1 N–H and O–H groups in total. The topological polar surface area (TPSA) is 79.7 Å². The van der Waals surface area contributed by atoms with E-state index in [-0.39, 0.29) is 11.6 Å². The minimum Gasteiger partial charge on any atom is -0.461 e. The van der Waals surface area contributed by atoms with Crippen LogP contribution in [0.5, 0.6) is 0 Å². The Kier molecular flexibility index (Phi) is 2.27. The van der Waals surface area contributed by atoms with E-state index in [1.807, 2.05) is 0 Å². The average molecular weight is 248 g/mol. The van der Waals surface area contributed by atoms with Crippen LogP contribution in [0.4, 0.5) is 0 Å². The van der Waals surface area contributed by atoms with Crippen molar-refractivity contribution in [3.8, 4) is 11.5 Å². The van der Waals surface area contributed by atoms with E-state index in [1.165, 1.54) is 17.2 Å². The van der Waals surface area contributed by atoms with Gasteiger partial charge in [-0.05, 0) is 19.1 Å². The maximum absolute atomic E-state index is 12.0. The Morgan fingerprint density at radius 1 is 1.50 bits per heavy atom. The number of aliphatic hydroxyl groups is 1. The number of rotatable bonds is 2. The van der Waals surface area contributed by atoms with E-state index >= 15 is 0 Å². The molecule has 94 valence electrons. The minimum absolute atomic E-state index is 0.219. The maximum atomic E-state index is 12.0. The van der Waals surface area contributed by atoms with Crippen molar-refractivity contribution in [2.24, 2.45) is 0 Å². The SMILES string of the molecule is CC1(O)CN(C(=O)c2cc(-c3ccco3)on2)C1. The summed E-state index contributed by atoms with van der Waals surface area (Å²) in [5, 5.41) is 13.3. The Bertz CT molecular complexity index is 563. The van der Waals surface area contributed by atoms with Crippen LogP contribution in [0.3, 0.4) is 0 Å². The third-order valence-corrected chi connectivity index (χ3v) is 2.84. The summed E-state index contributed by atoms with van der Waals surface area (Å²) in [5.41, 5.74) is -0.569. The molecule has 1 amide bonds. The lowest BCUT2D eigenvalue weighted by molar-refractivity contribution is -0.0671. The van der Waals surface area contributed by atoms with Gasteiger partial charge in [-0.2, -0.15) is 0 Å². The first-order valence-electron chi connectivity index (χ1n) is 5.57. The number of likely N-dealkylation sites (tertiary alicyclic amines) is 1. The first kappa shape index (κ1) is 11.0. The lowest BCUT2D eigenvalue weighted by atomic mass is 9.96. The second-order valence-electron chi connectivity index (χ2n) is 4.71. The van der Waals surface area contributed by atoms with E-state index in [9.17, 15) is 9.90 Å². The summed E-state index contributed by atoms with van der Waals surface area (Å²) < 4.78 is 10.2. The summed E-state index contributed by atoms with van der Waals surface area (Å²) in [6.07, 6.45) is 1.52. The van der Waals surface area contributed by atoms with Crippen molar-refractivity contribution in [3.05, 3.63) is 30.2 Å². The Morgan fingerprint density at radius 2 is 2.28 bits per heavy atom. The second kappa shape index (κ2) is 3.71. The highest BCUT2D eigenvalue weighted by molar-refractivity contribution is 5.93. The highest BCUT2D eigenvalue weighted by atomic mass is 16.5. The van der Waals surface area contributed by atoms with Crippen LogP contribution < -0.4 is 0 Å². The third kappa shape index (κ3) is 1.80. The van der Waals surface area contributed by atoms with Crippen LogP contribution in [0.25, 0.3) is 11.5 Å². The van der Waals surface area contributed by atoms with Crippen molar-refractivity contribution in [2.75, 3.05) is 13.1 Å². The number of hydrogen-bond acceptors (Lipinski definition) is 5. The van der Waals surface area contributed by atoms with Crippen LogP contribution in [-0.2, 0) is 0 Å². The molecule has 1 aliphatic heterocycles. The number of amides is 1. The molecule has 6 heteroatoms.